The van der Waals surface area contributed by atoms with Crippen LogP contribution in [0.2, 0.25) is 0 Å². The van der Waals surface area contributed by atoms with Gasteiger partial charge in [-0.1, -0.05) is 6.92 Å². The van der Waals surface area contributed by atoms with Crippen LogP contribution in [0.4, 0.5) is 0 Å². The van der Waals surface area contributed by atoms with Crippen molar-refractivity contribution in [2.45, 2.75) is 52.8 Å². The van der Waals surface area contributed by atoms with E-state index in [4.69, 9.17) is 0 Å². The maximum atomic E-state index is 12.0. The Morgan fingerprint density at radius 3 is 2.50 bits per heavy atom. The Labute approximate surface area is 125 Å². The van der Waals surface area contributed by atoms with Crippen LogP contribution in [0, 0.1) is 0 Å². The maximum Gasteiger partial charge on any atom is 0.234 e. The first kappa shape index (κ1) is 17.1. The van der Waals surface area contributed by atoms with E-state index in [1.807, 2.05) is 18.7 Å². The number of amides is 1. The first-order chi connectivity index (χ1) is 9.42. The van der Waals surface area contributed by atoms with Gasteiger partial charge in [-0.15, -0.1) is 11.3 Å². The molecule has 4 nitrogen and oxygen atoms in total. The van der Waals surface area contributed by atoms with Crippen LogP contribution in [0.5, 0.6) is 0 Å². The number of aliphatic hydroxyl groups excluding tert-OH is 1. The molecule has 0 saturated carbocycles. The van der Waals surface area contributed by atoms with E-state index in [0.29, 0.717) is 19.6 Å². The van der Waals surface area contributed by atoms with Crippen LogP contribution in [-0.4, -0.2) is 41.1 Å². The fourth-order valence-corrected chi connectivity index (χ4v) is 2.83. The molecule has 1 aromatic heterocycles. The number of rotatable bonds is 8. The van der Waals surface area contributed by atoms with Gasteiger partial charge in [0.15, 0.2) is 0 Å². The van der Waals surface area contributed by atoms with E-state index in [1.54, 1.807) is 18.3 Å². The van der Waals surface area contributed by atoms with Crippen molar-refractivity contribution in [1.29, 1.82) is 0 Å². The molecule has 0 aromatic carbocycles. The first-order valence-electron chi connectivity index (χ1n) is 7.18. The molecular formula is C15H26N2O2S. The van der Waals surface area contributed by atoms with Gasteiger partial charge in [-0.05, 0) is 39.3 Å². The number of nitrogens with one attached hydrogen (secondary N) is 1. The number of carbonyl (C=O) groups excluding carboxylic acids is 1. The second-order valence-electron chi connectivity index (χ2n) is 5.37. The van der Waals surface area contributed by atoms with E-state index in [2.05, 4.69) is 24.4 Å². The van der Waals surface area contributed by atoms with Crippen molar-refractivity contribution in [1.82, 2.24) is 10.2 Å². The van der Waals surface area contributed by atoms with Crippen LogP contribution >= 0.6 is 11.3 Å². The SMILES string of the molecule is CCc1ccc(CNC(=O)CN(CC(C)O)C(C)C)s1. The highest BCUT2D eigenvalue weighted by molar-refractivity contribution is 7.11. The lowest BCUT2D eigenvalue weighted by Gasteiger charge is -2.26. The third-order valence-corrected chi connectivity index (χ3v) is 4.33. The lowest BCUT2D eigenvalue weighted by atomic mass is 10.2. The minimum absolute atomic E-state index is 0.00537. The molecule has 5 heteroatoms. The minimum atomic E-state index is -0.422. The van der Waals surface area contributed by atoms with Crippen LogP contribution in [0.3, 0.4) is 0 Å². The number of hydrogen-bond acceptors (Lipinski definition) is 4. The lowest BCUT2D eigenvalue weighted by molar-refractivity contribution is -0.123. The summed E-state index contributed by atoms with van der Waals surface area (Å²) in [6, 6.07) is 4.42. The van der Waals surface area contributed by atoms with Crippen molar-refractivity contribution in [2.24, 2.45) is 0 Å². The smallest absolute Gasteiger partial charge is 0.234 e. The summed E-state index contributed by atoms with van der Waals surface area (Å²) < 4.78 is 0. The van der Waals surface area contributed by atoms with Gasteiger partial charge in [0, 0.05) is 22.3 Å². The van der Waals surface area contributed by atoms with Crippen LogP contribution < -0.4 is 5.32 Å². The maximum absolute atomic E-state index is 12.0. The van der Waals surface area contributed by atoms with Gasteiger partial charge < -0.3 is 10.4 Å². The highest BCUT2D eigenvalue weighted by Gasteiger charge is 2.15. The molecular weight excluding hydrogens is 272 g/mol. The molecule has 114 valence electrons. The Hall–Kier alpha value is -0.910. The Balaban J connectivity index is 2.41. The predicted molar refractivity (Wildman–Crippen MR) is 83.9 cm³/mol. The molecule has 1 aromatic rings. The lowest BCUT2D eigenvalue weighted by Crippen LogP contribution is -2.43. The summed E-state index contributed by atoms with van der Waals surface area (Å²) in [4.78, 5) is 16.5. The average Bonchev–Trinajstić information content (AvgIpc) is 2.83. The standard InChI is InChI=1S/C15H26N2O2S/c1-5-13-6-7-14(20-13)8-16-15(19)10-17(11(2)3)9-12(4)18/h6-7,11-12,18H,5,8-10H2,1-4H3,(H,16,19). The normalized spacial score (nSPS) is 12.9. The highest BCUT2D eigenvalue weighted by Crippen LogP contribution is 2.16. The number of carbonyl (C=O) groups is 1. The fourth-order valence-electron chi connectivity index (χ4n) is 1.93. The largest absolute Gasteiger partial charge is 0.392 e. The Morgan fingerprint density at radius 1 is 1.35 bits per heavy atom. The molecule has 1 atom stereocenters. The van der Waals surface area contributed by atoms with Crippen molar-refractivity contribution in [3.8, 4) is 0 Å². The summed E-state index contributed by atoms with van der Waals surface area (Å²) in [7, 11) is 0. The minimum Gasteiger partial charge on any atom is -0.392 e. The Morgan fingerprint density at radius 2 is 2.00 bits per heavy atom. The topological polar surface area (TPSA) is 52.6 Å². The molecule has 0 aliphatic rings. The summed E-state index contributed by atoms with van der Waals surface area (Å²) in [5, 5.41) is 12.4. The molecule has 1 heterocycles. The molecule has 0 aliphatic carbocycles. The first-order valence-corrected chi connectivity index (χ1v) is 8.00. The monoisotopic (exact) mass is 298 g/mol. The molecule has 1 amide bonds. The molecule has 20 heavy (non-hydrogen) atoms. The van der Waals surface area contributed by atoms with E-state index in [-0.39, 0.29) is 11.9 Å². The Kier molecular flexibility index (Phi) is 7.19. The summed E-state index contributed by atoms with van der Waals surface area (Å²) >= 11 is 1.74. The van der Waals surface area contributed by atoms with Gasteiger partial charge in [0.1, 0.15) is 0 Å². The van der Waals surface area contributed by atoms with Crippen molar-refractivity contribution < 1.29 is 9.90 Å². The highest BCUT2D eigenvalue weighted by atomic mass is 32.1. The number of aliphatic hydroxyl groups is 1. The van der Waals surface area contributed by atoms with Gasteiger partial charge >= 0.3 is 0 Å². The summed E-state index contributed by atoms with van der Waals surface area (Å²) in [6.07, 6.45) is 0.614. The van der Waals surface area contributed by atoms with Crippen LogP contribution in [0.15, 0.2) is 12.1 Å². The van der Waals surface area contributed by atoms with E-state index >= 15 is 0 Å². The fraction of sp³-hybridized carbons (Fsp3) is 0.667. The third-order valence-electron chi connectivity index (χ3n) is 3.10. The van der Waals surface area contributed by atoms with Crippen LogP contribution in [0.25, 0.3) is 0 Å². The number of nitrogens with zero attached hydrogens (tertiary/aromatic N) is 1. The molecule has 0 aliphatic heterocycles. The van der Waals surface area contributed by atoms with E-state index in [1.165, 1.54) is 9.75 Å². The van der Waals surface area contributed by atoms with E-state index < -0.39 is 6.10 Å². The van der Waals surface area contributed by atoms with Gasteiger partial charge in [-0.2, -0.15) is 0 Å². The Bertz CT molecular complexity index is 416. The zero-order valence-corrected chi connectivity index (χ0v) is 13.7. The molecule has 0 radical (unpaired) electrons. The quantitative estimate of drug-likeness (QED) is 0.772. The summed E-state index contributed by atoms with van der Waals surface area (Å²) in [6.45, 7) is 9.36. The van der Waals surface area contributed by atoms with Gasteiger partial charge in [0.05, 0.1) is 19.2 Å². The van der Waals surface area contributed by atoms with Crippen molar-refractivity contribution >= 4 is 17.2 Å². The molecule has 0 saturated heterocycles. The van der Waals surface area contributed by atoms with E-state index in [0.717, 1.165) is 6.42 Å². The van der Waals surface area contributed by atoms with Gasteiger partial charge in [-0.25, -0.2) is 0 Å². The van der Waals surface area contributed by atoms with Gasteiger partial charge in [0.25, 0.3) is 0 Å². The number of thiophene rings is 1. The summed E-state index contributed by atoms with van der Waals surface area (Å²) in [5.41, 5.74) is 0. The average molecular weight is 298 g/mol. The molecule has 0 fully saturated rings. The summed E-state index contributed by atoms with van der Waals surface area (Å²) in [5.74, 6) is 0.00537. The van der Waals surface area contributed by atoms with Gasteiger partial charge in [0.2, 0.25) is 5.91 Å². The predicted octanol–water partition coefficient (Wildman–Crippen LogP) is 2.02. The van der Waals surface area contributed by atoms with E-state index in [9.17, 15) is 9.90 Å². The van der Waals surface area contributed by atoms with Crippen LogP contribution in [-0.2, 0) is 17.8 Å². The molecule has 0 spiro atoms. The molecule has 0 bridgehead atoms. The van der Waals surface area contributed by atoms with Gasteiger partial charge in [-0.3, -0.25) is 9.69 Å². The number of aryl methyl sites for hydroxylation is 1. The molecule has 1 unspecified atom stereocenters. The second kappa shape index (κ2) is 8.39. The van der Waals surface area contributed by atoms with Crippen LogP contribution in [0.1, 0.15) is 37.4 Å². The number of hydrogen-bond donors (Lipinski definition) is 2. The van der Waals surface area contributed by atoms with Crippen molar-refractivity contribution in [3.63, 3.8) is 0 Å². The second-order valence-corrected chi connectivity index (χ2v) is 6.62. The zero-order chi connectivity index (χ0) is 15.1. The van der Waals surface area contributed by atoms with Crippen molar-refractivity contribution in [2.75, 3.05) is 13.1 Å². The molecule has 2 N–H and O–H groups in total. The van der Waals surface area contributed by atoms with Crippen molar-refractivity contribution in [3.05, 3.63) is 21.9 Å². The third kappa shape index (κ3) is 6.03. The molecule has 1 rings (SSSR count). The zero-order valence-electron chi connectivity index (χ0n) is 12.8.